The molecule has 1 aliphatic heterocycles. The van der Waals surface area contributed by atoms with Gasteiger partial charge in [-0.25, -0.2) is 0 Å². The molecular weight excluding hydrogens is 260 g/mol. The standard InChI is InChI=1S/C14H20N2O4/c1-9-6-10(4-5-12(9)13(15)16-17)18-7-11-8-19-14(2,3)20-11/h4-6,11,17H,7-8H2,1-3H3,(H2,15,16). The van der Waals surface area contributed by atoms with Crippen molar-refractivity contribution in [2.45, 2.75) is 32.7 Å². The van der Waals surface area contributed by atoms with E-state index < -0.39 is 5.79 Å². The Bertz CT molecular complexity index is 502. The summed E-state index contributed by atoms with van der Waals surface area (Å²) >= 11 is 0. The van der Waals surface area contributed by atoms with E-state index in [-0.39, 0.29) is 11.9 Å². The van der Waals surface area contributed by atoms with Crippen molar-refractivity contribution in [1.82, 2.24) is 5.48 Å². The summed E-state index contributed by atoms with van der Waals surface area (Å²) in [6, 6.07) is 5.31. The lowest BCUT2D eigenvalue weighted by atomic mass is 10.1. The van der Waals surface area contributed by atoms with Crippen molar-refractivity contribution < 1.29 is 19.4 Å². The third-order valence-corrected chi connectivity index (χ3v) is 3.08. The normalized spacial score (nSPS) is 20.7. The Morgan fingerprint density at radius 3 is 2.85 bits per heavy atom. The molecule has 1 heterocycles. The van der Waals surface area contributed by atoms with Crippen molar-refractivity contribution in [3.63, 3.8) is 0 Å². The second-order valence-electron chi connectivity index (χ2n) is 5.23. The number of hydroxylamine groups is 1. The van der Waals surface area contributed by atoms with Crippen molar-refractivity contribution in [1.29, 1.82) is 5.41 Å². The SMILES string of the molecule is Cc1cc(OCC2COC(C)(C)O2)ccc1C(=N)NO. The van der Waals surface area contributed by atoms with E-state index in [1.165, 1.54) is 0 Å². The summed E-state index contributed by atoms with van der Waals surface area (Å²) in [4.78, 5) is 0. The first-order valence-corrected chi connectivity index (χ1v) is 6.45. The van der Waals surface area contributed by atoms with E-state index in [0.717, 1.165) is 5.56 Å². The Morgan fingerprint density at radius 2 is 2.30 bits per heavy atom. The Balaban J connectivity index is 1.94. The number of benzene rings is 1. The summed E-state index contributed by atoms with van der Waals surface area (Å²) in [6.45, 7) is 6.53. The quantitative estimate of drug-likeness (QED) is 0.445. The maximum Gasteiger partial charge on any atom is 0.163 e. The Morgan fingerprint density at radius 1 is 1.55 bits per heavy atom. The van der Waals surface area contributed by atoms with Crippen LogP contribution < -0.4 is 10.2 Å². The molecule has 1 aromatic rings. The molecule has 1 fully saturated rings. The number of hydrogen-bond acceptors (Lipinski definition) is 5. The predicted molar refractivity (Wildman–Crippen MR) is 73.3 cm³/mol. The third kappa shape index (κ3) is 3.47. The number of nitrogens with one attached hydrogen (secondary N) is 2. The zero-order chi connectivity index (χ0) is 14.8. The predicted octanol–water partition coefficient (Wildman–Crippen LogP) is 1.83. The molecule has 1 atom stereocenters. The first-order valence-electron chi connectivity index (χ1n) is 6.45. The third-order valence-electron chi connectivity index (χ3n) is 3.08. The summed E-state index contributed by atoms with van der Waals surface area (Å²) in [6.07, 6.45) is -0.0811. The van der Waals surface area contributed by atoms with Crippen LogP contribution in [0.4, 0.5) is 0 Å². The molecule has 0 radical (unpaired) electrons. The van der Waals surface area contributed by atoms with Gasteiger partial charge in [0.1, 0.15) is 24.3 Å². The first-order chi connectivity index (χ1) is 9.41. The van der Waals surface area contributed by atoms with E-state index in [4.69, 9.17) is 24.8 Å². The molecule has 0 spiro atoms. The van der Waals surface area contributed by atoms with Crippen LogP contribution in [-0.2, 0) is 9.47 Å². The topological polar surface area (TPSA) is 83.8 Å². The second-order valence-corrected chi connectivity index (χ2v) is 5.23. The van der Waals surface area contributed by atoms with Gasteiger partial charge in [-0.05, 0) is 44.5 Å². The summed E-state index contributed by atoms with van der Waals surface area (Å²) in [5.74, 6) is 0.115. The molecule has 2 rings (SSSR count). The fourth-order valence-corrected chi connectivity index (χ4v) is 2.10. The summed E-state index contributed by atoms with van der Waals surface area (Å²) in [7, 11) is 0. The highest BCUT2D eigenvalue weighted by molar-refractivity contribution is 5.96. The summed E-state index contributed by atoms with van der Waals surface area (Å²) in [5.41, 5.74) is 3.30. The van der Waals surface area contributed by atoms with Gasteiger partial charge in [0.05, 0.1) is 6.61 Å². The minimum atomic E-state index is -0.546. The number of ether oxygens (including phenoxy) is 3. The van der Waals surface area contributed by atoms with Gasteiger partial charge in [-0.15, -0.1) is 0 Å². The lowest BCUT2D eigenvalue weighted by molar-refractivity contribution is -0.141. The zero-order valence-corrected chi connectivity index (χ0v) is 11.9. The smallest absolute Gasteiger partial charge is 0.163 e. The molecule has 0 saturated carbocycles. The average molecular weight is 280 g/mol. The fourth-order valence-electron chi connectivity index (χ4n) is 2.10. The van der Waals surface area contributed by atoms with Gasteiger partial charge >= 0.3 is 0 Å². The highest BCUT2D eigenvalue weighted by Crippen LogP contribution is 2.23. The summed E-state index contributed by atoms with van der Waals surface area (Å²) < 4.78 is 16.8. The van der Waals surface area contributed by atoms with Crippen LogP contribution in [0.25, 0.3) is 0 Å². The Kier molecular flexibility index (Phi) is 4.27. The van der Waals surface area contributed by atoms with Crippen LogP contribution in [0.15, 0.2) is 18.2 Å². The van der Waals surface area contributed by atoms with E-state index in [0.29, 0.717) is 24.5 Å². The monoisotopic (exact) mass is 280 g/mol. The van der Waals surface area contributed by atoms with E-state index in [9.17, 15) is 0 Å². The van der Waals surface area contributed by atoms with E-state index in [1.807, 2.05) is 32.3 Å². The van der Waals surface area contributed by atoms with Gasteiger partial charge in [0.2, 0.25) is 0 Å². The van der Waals surface area contributed by atoms with Gasteiger partial charge in [0.15, 0.2) is 5.79 Å². The van der Waals surface area contributed by atoms with E-state index in [2.05, 4.69) is 0 Å². The molecule has 0 aliphatic carbocycles. The van der Waals surface area contributed by atoms with Crippen LogP contribution in [0.3, 0.4) is 0 Å². The van der Waals surface area contributed by atoms with Crippen molar-refractivity contribution in [2.24, 2.45) is 0 Å². The number of aryl methyl sites for hydroxylation is 1. The first kappa shape index (κ1) is 14.8. The average Bonchev–Trinajstić information content (AvgIpc) is 2.75. The maximum atomic E-state index is 8.74. The minimum absolute atomic E-state index is 0.0386. The van der Waals surface area contributed by atoms with Crippen LogP contribution >= 0.6 is 0 Å². The minimum Gasteiger partial charge on any atom is -0.491 e. The van der Waals surface area contributed by atoms with Crippen LogP contribution in [0.2, 0.25) is 0 Å². The Labute approximate surface area is 118 Å². The molecule has 6 nitrogen and oxygen atoms in total. The van der Waals surface area contributed by atoms with E-state index >= 15 is 0 Å². The molecule has 6 heteroatoms. The van der Waals surface area contributed by atoms with Gasteiger partial charge < -0.3 is 14.2 Å². The van der Waals surface area contributed by atoms with Gasteiger partial charge in [-0.3, -0.25) is 16.1 Å². The maximum absolute atomic E-state index is 8.74. The lowest BCUT2D eigenvalue weighted by Gasteiger charge is -2.17. The number of amidine groups is 1. The molecule has 0 bridgehead atoms. The van der Waals surface area contributed by atoms with Gasteiger partial charge in [-0.1, -0.05) is 0 Å². The van der Waals surface area contributed by atoms with Crippen molar-refractivity contribution in [3.05, 3.63) is 29.3 Å². The zero-order valence-electron chi connectivity index (χ0n) is 11.9. The summed E-state index contributed by atoms with van der Waals surface area (Å²) in [5, 5.41) is 16.3. The molecule has 1 aliphatic rings. The molecule has 0 amide bonds. The highest BCUT2D eigenvalue weighted by atomic mass is 16.7. The molecule has 1 saturated heterocycles. The molecule has 0 aromatic heterocycles. The molecular formula is C14H20N2O4. The van der Waals surface area contributed by atoms with Gasteiger partial charge in [-0.2, -0.15) is 0 Å². The van der Waals surface area contributed by atoms with Crippen molar-refractivity contribution in [3.8, 4) is 5.75 Å². The highest BCUT2D eigenvalue weighted by Gasteiger charge is 2.32. The molecule has 3 N–H and O–H groups in total. The van der Waals surface area contributed by atoms with Crippen LogP contribution in [-0.4, -0.2) is 36.1 Å². The Hall–Kier alpha value is -1.63. The fraction of sp³-hybridized carbons (Fsp3) is 0.500. The van der Waals surface area contributed by atoms with Crippen LogP contribution in [0.1, 0.15) is 25.0 Å². The van der Waals surface area contributed by atoms with Crippen LogP contribution in [0, 0.1) is 12.3 Å². The molecule has 1 aromatic carbocycles. The second kappa shape index (κ2) is 5.78. The van der Waals surface area contributed by atoms with Crippen molar-refractivity contribution in [2.75, 3.05) is 13.2 Å². The molecule has 110 valence electrons. The van der Waals surface area contributed by atoms with E-state index in [1.54, 1.807) is 12.1 Å². The van der Waals surface area contributed by atoms with Gasteiger partial charge in [0, 0.05) is 5.56 Å². The largest absolute Gasteiger partial charge is 0.491 e. The lowest BCUT2D eigenvalue weighted by Crippen LogP contribution is -2.25. The molecule has 20 heavy (non-hydrogen) atoms. The number of hydrogen-bond donors (Lipinski definition) is 3. The molecule has 1 unspecified atom stereocenters. The van der Waals surface area contributed by atoms with Crippen LogP contribution in [0.5, 0.6) is 5.75 Å². The van der Waals surface area contributed by atoms with Gasteiger partial charge in [0.25, 0.3) is 0 Å². The number of rotatable bonds is 4. The van der Waals surface area contributed by atoms with Crippen molar-refractivity contribution >= 4 is 5.84 Å².